The molecular formula is C19H15F3N2O2S. The van der Waals surface area contributed by atoms with E-state index in [1.54, 1.807) is 19.1 Å². The fourth-order valence-electron chi connectivity index (χ4n) is 2.46. The van der Waals surface area contributed by atoms with E-state index in [0.29, 0.717) is 21.1 Å². The van der Waals surface area contributed by atoms with Crippen LogP contribution in [0, 0.1) is 13.8 Å². The number of benzene rings is 2. The number of hydrogen-bond acceptors (Lipinski definition) is 4. The normalized spacial score (nSPS) is 11.4. The average Bonchev–Trinajstić information content (AvgIpc) is 2.98. The van der Waals surface area contributed by atoms with Crippen molar-refractivity contribution in [2.75, 3.05) is 5.32 Å². The molecule has 0 spiro atoms. The van der Waals surface area contributed by atoms with Gasteiger partial charge in [0.05, 0.1) is 16.9 Å². The zero-order chi connectivity index (χ0) is 19.8. The Balaban J connectivity index is 1.84. The van der Waals surface area contributed by atoms with Crippen molar-refractivity contribution in [3.05, 3.63) is 64.2 Å². The molecule has 2 N–H and O–H groups in total. The van der Waals surface area contributed by atoms with Crippen LogP contribution in [0.1, 0.15) is 26.5 Å². The van der Waals surface area contributed by atoms with Crippen molar-refractivity contribution in [1.29, 1.82) is 0 Å². The first kappa shape index (κ1) is 18.9. The molecule has 8 heteroatoms. The number of alkyl halides is 3. The number of hydrogen-bond donors (Lipinski definition) is 2. The number of carbonyl (C=O) groups is 1. The molecule has 0 saturated heterocycles. The van der Waals surface area contributed by atoms with Crippen molar-refractivity contribution in [3.63, 3.8) is 0 Å². The van der Waals surface area contributed by atoms with Gasteiger partial charge in [0.15, 0.2) is 0 Å². The van der Waals surface area contributed by atoms with Gasteiger partial charge < -0.3 is 10.4 Å². The van der Waals surface area contributed by atoms with Crippen molar-refractivity contribution in [2.45, 2.75) is 20.0 Å². The number of nitrogens with zero attached hydrogens (tertiary/aromatic N) is 1. The second-order valence-corrected chi connectivity index (χ2v) is 6.98. The van der Waals surface area contributed by atoms with E-state index < -0.39 is 17.6 Å². The SMILES string of the molecule is Cc1ccc(NC(=O)c2sc(-c3ccc(C(F)(F)F)cc3)nc2C)c(O)c1. The van der Waals surface area contributed by atoms with Crippen molar-refractivity contribution in [2.24, 2.45) is 0 Å². The van der Waals surface area contributed by atoms with Crippen LogP contribution in [0.2, 0.25) is 0 Å². The molecule has 0 fully saturated rings. The Hall–Kier alpha value is -2.87. The van der Waals surface area contributed by atoms with Crippen LogP contribution < -0.4 is 5.32 Å². The van der Waals surface area contributed by atoms with Crippen LogP contribution in [0.25, 0.3) is 10.6 Å². The number of phenolic OH excluding ortho intramolecular Hbond substituents is 1. The summed E-state index contributed by atoms with van der Waals surface area (Å²) in [6.07, 6.45) is -4.40. The number of thiazole rings is 1. The van der Waals surface area contributed by atoms with Crippen LogP contribution in [0.4, 0.5) is 18.9 Å². The number of anilines is 1. The molecular weight excluding hydrogens is 377 g/mol. The summed E-state index contributed by atoms with van der Waals surface area (Å²) in [5, 5.41) is 13.0. The van der Waals surface area contributed by atoms with E-state index >= 15 is 0 Å². The van der Waals surface area contributed by atoms with E-state index in [0.717, 1.165) is 29.0 Å². The van der Waals surface area contributed by atoms with Gasteiger partial charge in [-0.25, -0.2) is 4.98 Å². The first-order valence-corrected chi connectivity index (χ1v) is 8.73. The average molecular weight is 392 g/mol. The standard InChI is InChI=1S/C19H15F3N2O2S/c1-10-3-8-14(15(25)9-10)24-17(26)16-11(2)23-18(27-16)12-4-6-13(7-5-12)19(20,21)22/h3-9,25H,1-2H3,(H,24,26). The van der Waals surface area contributed by atoms with Crippen molar-refractivity contribution in [1.82, 2.24) is 4.98 Å². The Kier molecular flexibility index (Phi) is 4.93. The molecule has 3 rings (SSSR count). The maximum atomic E-state index is 12.7. The molecule has 27 heavy (non-hydrogen) atoms. The lowest BCUT2D eigenvalue weighted by molar-refractivity contribution is -0.137. The number of phenols is 1. The fourth-order valence-corrected chi connectivity index (χ4v) is 3.43. The van der Waals surface area contributed by atoms with Gasteiger partial charge in [-0.1, -0.05) is 18.2 Å². The van der Waals surface area contributed by atoms with E-state index in [2.05, 4.69) is 10.3 Å². The fraction of sp³-hybridized carbons (Fsp3) is 0.158. The van der Waals surface area contributed by atoms with E-state index in [1.807, 2.05) is 6.92 Å². The highest BCUT2D eigenvalue weighted by Gasteiger charge is 2.30. The van der Waals surface area contributed by atoms with Crippen molar-refractivity contribution < 1.29 is 23.1 Å². The minimum Gasteiger partial charge on any atom is -0.506 e. The highest BCUT2D eigenvalue weighted by atomic mass is 32.1. The molecule has 0 aliphatic carbocycles. The zero-order valence-electron chi connectivity index (χ0n) is 14.4. The van der Waals surface area contributed by atoms with Crippen molar-refractivity contribution >= 4 is 22.9 Å². The van der Waals surface area contributed by atoms with Gasteiger partial charge >= 0.3 is 6.18 Å². The molecule has 140 valence electrons. The van der Waals surface area contributed by atoms with Crippen molar-refractivity contribution in [3.8, 4) is 16.3 Å². The lowest BCUT2D eigenvalue weighted by Crippen LogP contribution is -2.11. The second-order valence-electron chi connectivity index (χ2n) is 5.98. The zero-order valence-corrected chi connectivity index (χ0v) is 15.2. The van der Waals surface area contributed by atoms with Gasteiger partial charge in [0.1, 0.15) is 15.6 Å². The molecule has 1 aromatic heterocycles. The number of aromatic nitrogens is 1. The van der Waals surface area contributed by atoms with Crippen LogP contribution >= 0.6 is 11.3 Å². The Bertz CT molecular complexity index is 995. The van der Waals surface area contributed by atoms with Crippen LogP contribution in [0.5, 0.6) is 5.75 Å². The number of amides is 1. The van der Waals surface area contributed by atoms with Gasteiger partial charge in [0, 0.05) is 5.56 Å². The molecule has 2 aromatic carbocycles. The first-order valence-electron chi connectivity index (χ1n) is 7.91. The number of aromatic hydroxyl groups is 1. The van der Waals surface area contributed by atoms with E-state index in [1.165, 1.54) is 18.2 Å². The molecule has 1 heterocycles. The number of nitrogens with one attached hydrogen (secondary N) is 1. The third-order valence-electron chi connectivity index (χ3n) is 3.86. The molecule has 1 amide bonds. The lowest BCUT2D eigenvalue weighted by atomic mass is 10.1. The van der Waals surface area contributed by atoms with Crippen LogP contribution in [0.3, 0.4) is 0 Å². The Morgan fingerprint density at radius 3 is 2.37 bits per heavy atom. The van der Waals surface area contributed by atoms with E-state index in [4.69, 9.17) is 0 Å². The summed E-state index contributed by atoms with van der Waals surface area (Å²) in [5.41, 5.74) is 1.33. The topological polar surface area (TPSA) is 62.2 Å². The number of aryl methyl sites for hydroxylation is 2. The third-order valence-corrected chi connectivity index (χ3v) is 5.07. The molecule has 0 aliphatic heterocycles. The quantitative estimate of drug-likeness (QED) is 0.587. The van der Waals surface area contributed by atoms with E-state index in [-0.39, 0.29) is 11.4 Å². The summed E-state index contributed by atoms with van der Waals surface area (Å²) in [5.74, 6) is -0.490. The largest absolute Gasteiger partial charge is 0.506 e. The summed E-state index contributed by atoms with van der Waals surface area (Å²) in [4.78, 5) is 17.1. The Morgan fingerprint density at radius 2 is 1.78 bits per heavy atom. The highest BCUT2D eigenvalue weighted by Crippen LogP contribution is 2.33. The molecule has 3 aromatic rings. The van der Waals surface area contributed by atoms with Gasteiger partial charge in [0.25, 0.3) is 5.91 Å². The molecule has 0 unspecified atom stereocenters. The number of carbonyl (C=O) groups excluding carboxylic acids is 1. The Morgan fingerprint density at radius 1 is 1.11 bits per heavy atom. The third kappa shape index (κ3) is 4.11. The van der Waals surface area contributed by atoms with E-state index in [9.17, 15) is 23.1 Å². The maximum Gasteiger partial charge on any atom is 0.416 e. The van der Waals surface area contributed by atoms with Crippen LogP contribution in [0.15, 0.2) is 42.5 Å². The predicted molar refractivity (Wildman–Crippen MR) is 98.1 cm³/mol. The van der Waals surface area contributed by atoms with Gasteiger partial charge in [-0.15, -0.1) is 11.3 Å². The second kappa shape index (κ2) is 7.03. The van der Waals surface area contributed by atoms with Gasteiger partial charge in [-0.2, -0.15) is 13.2 Å². The smallest absolute Gasteiger partial charge is 0.416 e. The lowest BCUT2D eigenvalue weighted by Gasteiger charge is -2.07. The maximum absolute atomic E-state index is 12.7. The molecule has 0 aliphatic rings. The number of rotatable bonds is 3. The molecule has 0 atom stereocenters. The van der Waals surface area contributed by atoms with Gasteiger partial charge in [0.2, 0.25) is 0 Å². The molecule has 0 saturated carbocycles. The summed E-state index contributed by atoms with van der Waals surface area (Å²) in [6, 6.07) is 9.50. The highest BCUT2D eigenvalue weighted by molar-refractivity contribution is 7.17. The van der Waals surface area contributed by atoms with Crippen LogP contribution in [-0.2, 0) is 6.18 Å². The minimum absolute atomic E-state index is 0.0477. The summed E-state index contributed by atoms with van der Waals surface area (Å²) >= 11 is 1.08. The molecule has 0 radical (unpaired) electrons. The predicted octanol–water partition coefficient (Wildman–Crippen LogP) is 5.40. The van der Waals surface area contributed by atoms with Gasteiger partial charge in [-0.3, -0.25) is 4.79 Å². The van der Waals surface area contributed by atoms with Crippen LogP contribution in [-0.4, -0.2) is 16.0 Å². The summed E-state index contributed by atoms with van der Waals surface area (Å²) in [6.45, 7) is 3.46. The van der Waals surface area contributed by atoms with Gasteiger partial charge in [-0.05, 0) is 43.7 Å². The number of halogens is 3. The monoisotopic (exact) mass is 392 g/mol. The molecule has 0 bridgehead atoms. The summed E-state index contributed by atoms with van der Waals surface area (Å²) in [7, 11) is 0. The minimum atomic E-state index is -4.40. The summed E-state index contributed by atoms with van der Waals surface area (Å²) < 4.78 is 38.0. The first-order chi connectivity index (χ1) is 12.6. The Labute approximate surface area is 157 Å². The molecule has 4 nitrogen and oxygen atoms in total.